The molecule has 0 aliphatic carbocycles. The van der Waals surface area contributed by atoms with E-state index < -0.39 is 0 Å². The first-order chi connectivity index (χ1) is 13.2. The van der Waals surface area contributed by atoms with E-state index in [2.05, 4.69) is 24.4 Å². The summed E-state index contributed by atoms with van der Waals surface area (Å²) in [5.41, 5.74) is 0. The summed E-state index contributed by atoms with van der Waals surface area (Å²) in [5.74, 6) is -0.0912. The molecule has 0 radical (unpaired) electrons. The minimum absolute atomic E-state index is 0.0368. The lowest BCUT2D eigenvalue weighted by Crippen LogP contribution is -2.38. The molecule has 4 heteroatoms. The lowest BCUT2D eigenvalue weighted by atomic mass is 10.1. The highest BCUT2D eigenvalue weighted by molar-refractivity contribution is 5.83. The lowest BCUT2D eigenvalue weighted by Gasteiger charge is -2.08. The van der Waals surface area contributed by atoms with E-state index in [1.165, 1.54) is 77.0 Å². The van der Waals surface area contributed by atoms with Crippen molar-refractivity contribution in [3.8, 4) is 0 Å². The van der Waals surface area contributed by atoms with Gasteiger partial charge in [0.25, 0.3) is 5.91 Å². The zero-order valence-electron chi connectivity index (χ0n) is 17.8. The Morgan fingerprint density at radius 2 is 1.52 bits per heavy atom. The summed E-state index contributed by atoms with van der Waals surface area (Å²) >= 11 is 0. The Bertz CT molecular complexity index is 397. The van der Waals surface area contributed by atoms with Crippen LogP contribution >= 0.6 is 0 Å². The fourth-order valence-corrected chi connectivity index (χ4v) is 3.39. The summed E-state index contributed by atoms with van der Waals surface area (Å²) in [5, 5.41) is 11.7. The van der Waals surface area contributed by atoms with Crippen molar-refractivity contribution in [2.75, 3.05) is 6.61 Å². The molecule has 0 bridgehead atoms. The van der Waals surface area contributed by atoms with Gasteiger partial charge in [0.05, 0.1) is 12.7 Å². The van der Waals surface area contributed by atoms with Crippen molar-refractivity contribution >= 4 is 5.91 Å². The Labute approximate surface area is 167 Å². The fourth-order valence-electron chi connectivity index (χ4n) is 3.39. The molecule has 0 aromatic heterocycles. The van der Waals surface area contributed by atoms with Crippen molar-refractivity contribution in [3.63, 3.8) is 0 Å². The second-order valence-corrected chi connectivity index (χ2v) is 8.06. The quantitative estimate of drug-likeness (QED) is 0.193. The summed E-state index contributed by atoms with van der Waals surface area (Å²) in [6, 6.07) is -0.201. The van der Waals surface area contributed by atoms with Crippen molar-refractivity contribution in [1.29, 1.82) is 0 Å². The van der Waals surface area contributed by atoms with Gasteiger partial charge in [0, 0.05) is 6.04 Å². The van der Waals surface area contributed by atoms with E-state index in [-0.39, 0.29) is 30.8 Å². The Morgan fingerprint density at radius 1 is 0.963 bits per heavy atom. The molecule has 0 aromatic rings. The van der Waals surface area contributed by atoms with Gasteiger partial charge in [-0.15, -0.1) is 0 Å². The Hall–Kier alpha value is -0.870. The zero-order valence-corrected chi connectivity index (χ0v) is 17.8. The molecule has 1 amide bonds. The number of aliphatic hydroxyl groups excluding tert-OH is 1. The van der Waals surface area contributed by atoms with Crippen LogP contribution in [0.25, 0.3) is 0 Å². The lowest BCUT2D eigenvalue weighted by molar-refractivity contribution is -0.123. The van der Waals surface area contributed by atoms with E-state index in [0.29, 0.717) is 0 Å². The van der Waals surface area contributed by atoms with E-state index >= 15 is 0 Å². The molecule has 3 unspecified atom stereocenters. The SMILES string of the molecule is CCCCCCCCCCCCCC=CCCC1OC1C(=O)NC(C)CO. The van der Waals surface area contributed by atoms with E-state index in [9.17, 15) is 4.79 Å². The molecule has 158 valence electrons. The minimum atomic E-state index is -0.306. The van der Waals surface area contributed by atoms with Crippen LogP contribution in [0, 0.1) is 0 Å². The summed E-state index contributed by atoms with van der Waals surface area (Å²) in [6.45, 7) is 4.02. The minimum Gasteiger partial charge on any atom is -0.394 e. The number of unbranched alkanes of at least 4 members (excludes halogenated alkanes) is 11. The summed E-state index contributed by atoms with van der Waals surface area (Å²) in [4.78, 5) is 11.8. The third-order valence-electron chi connectivity index (χ3n) is 5.26. The molecular formula is C23H43NO3. The molecule has 3 atom stereocenters. The van der Waals surface area contributed by atoms with Crippen LogP contribution in [0.4, 0.5) is 0 Å². The van der Waals surface area contributed by atoms with Gasteiger partial charge in [0.1, 0.15) is 0 Å². The highest BCUT2D eigenvalue weighted by Crippen LogP contribution is 2.27. The number of carbonyl (C=O) groups excluding carboxylic acids is 1. The normalized spacial score (nSPS) is 20.1. The van der Waals surface area contributed by atoms with Crippen LogP contribution < -0.4 is 5.32 Å². The Morgan fingerprint density at radius 3 is 2.11 bits per heavy atom. The highest BCUT2D eigenvalue weighted by atomic mass is 16.6. The fraction of sp³-hybridized carbons (Fsp3) is 0.870. The third kappa shape index (κ3) is 13.0. The molecule has 1 heterocycles. The van der Waals surface area contributed by atoms with E-state index in [0.717, 1.165) is 12.8 Å². The zero-order chi connectivity index (χ0) is 19.7. The highest BCUT2D eigenvalue weighted by Gasteiger charge is 2.44. The molecule has 0 saturated carbocycles. The van der Waals surface area contributed by atoms with Gasteiger partial charge in [-0.3, -0.25) is 4.79 Å². The first-order valence-electron chi connectivity index (χ1n) is 11.4. The van der Waals surface area contributed by atoms with Crippen LogP contribution in [0.2, 0.25) is 0 Å². The van der Waals surface area contributed by atoms with Gasteiger partial charge in [-0.25, -0.2) is 0 Å². The van der Waals surface area contributed by atoms with Crippen LogP contribution in [0.5, 0.6) is 0 Å². The number of epoxide rings is 1. The maximum atomic E-state index is 11.8. The van der Waals surface area contributed by atoms with E-state index in [4.69, 9.17) is 9.84 Å². The number of hydrogen-bond acceptors (Lipinski definition) is 3. The number of nitrogens with one attached hydrogen (secondary N) is 1. The molecule has 1 saturated heterocycles. The van der Waals surface area contributed by atoms with Gasteiger partial charge in [-0.1, -0.05) is 83.3 Å². The average Bonchev–Trinajstić information content (AvgIpc) is 3.44. The first kappa shape index (κ1) is 24.2. The standard InChI is InChI=1S/C23H43NO3/c1-3-4-5-6-7-8-9-10-11-12-13-14-15-16-17-18-21-22(27-21)23(26)24-20(2)19-25/h15-16,20-22,25H,3-14,17-19H2,1-2H3,(H,24,26). The number of amides is 1. The molecule has 2 N–H and O–H groups in total. The summed E-state index contributed by atoms with van der Waals surface area (Å²) in [7, 11) is 0. The van der Waals surface area contributed by atoms with Gasteiger partial charge >= 0.3 is 0 Å². The van der Waals surface area contributed by atoms with Crippen molar-refractivity contribution in [1.82, 2.24) is 5.32 Å². The topological polar surface area (TPSA) is 61.9 Å². The van der Waals surface area contributed by atoms with Gasteiger partial charge < -0.3 is 15.2 Å². The number of rotatable bonds is 18. The van der Waals surface area contributed by atoms with Crippen LogP contribution in [-0.2, 0) is 9.53 Å². The van der Waals surface area contributed by atoms with Crippen molar-refractivity contribution in [2.24, 2.45) is 0 Å². The molecule has 0 aromatic carbocycles. The number of carbonyl (C=O) groups is 1. The third-order valence-corrected chi connectivity index (χ3v) is 5.26. The molecule has 0 spiro atoms. The van der Waals surface area contributed by atoms with Crippen molar-refractivity contribution in [2.45, 2.75) is 122 Å². The van der Waals surface area contributed by atoms with Crippen molar-refractivity contribution in [3.05, 3.63) is 12.2 Å². The maximum Gasteiger partial charge on any atom is 0.252 e. The molecule has 1 aliphatic rings. The van der Waals surface area contributed by atoms with Gasteiger partial charge in [0.2, 0.25) is 0 Å². The van der Waals surface area contributed by atoms with Crippen LogP contribution in [-0.4, -0.2) is 35.9 Å². The number of allylic oxidation sites excluding steroid dienone is 2. The molecular weight excluding hydrogens is 338 g/mol. The monoisotopic (exact) mass is 381 g/mol. The summed E-state index contributed by atoms with van der Waals surface area (Å²) in [6.07, 6.45) is 22.6. The average molecular weight is 382 g/mol. The molecule has 4 nitrogen and oxygen atoms in total. The first-order valence-corrected chi connectivity index (χ1v) is 11.4. The predicted octanol–water partition coefficient (Wildman–Crippen LogP) is 5.29. The predicted molar refractivity (Wildman–Crippen MR) is 113 cm³/mol. The van der Waals surface area contributed by atoms with Crippen LogP contribution in [0.1, 0.15) is 104 Å². The number of ether oxygens (including phenoxy) is 1. The van der Waals surface area contributed by atoms with Gasteiger partial charge in [-0.2, -0.15) is 0 Å². The van der Waals surface area contributed by atoms with Crippen molar-refractivity contribution < 1.29 is 14.6 Å². The van der Waals surface area contributed by atoms with Crippen LogP contribution in [0.15, 0.2) is 12.2 Å². The van der Waals surface area contributed by atoms with E-state index in [1.807, 2.05) is 0 Å². The molecule has 1 fully saturated rings. The molecule has 1 rings (SSSR count). The van der Waals surface area contributed by atoms with E-state index in [1.54, 1.807) is 6.92 Å². The number of aliphatic hydroxyl groups is 1. The maximum absolute atomic E-state index is 11.8. The Kier molecular flexibility index (Phi) is 14.4. The smallest absolute Gasteiger partial charge is 0.252 e. The molecule has 27 heavy (non-hydrogen) atoms. The second-order valence-electron chi connectivity index (χ2n) is 8.06. The second kappa shape index (κ2) is 16.1. The largest absolute Gasteiger partial charge is 0.394 e. The summed E-state index contributed by atoms with van der Waals surface area (Å²) < 4.78 is 5.42. The number of hydrogen-bond donors (Lipinski definition) is 2. The van der Waals surface area contributed by atoms with Gasteiger partial charge in [-0.05, 0) is 32.6 Å². The van der Waals surface area contributed by atoms with Gasteiger partial charge in [0.15, 0.2) is 6.10 Å². The Balaban J connectivity index is 1.82. The molecule has 1 aliphatic heterocycles. The van der Waals surface area contributed by atoms with Crippen LogP contribution in [0.3, 0.4) is 0 Å².